The molecule has 0 rings (SSSR count). The standard InChI is InChI=1S/2C12H27O2PS2.2C10H23O2PS2.Zn/c2*1-3-5-7-9-11-13-15(16,17)14-12-10-8-6-4-2;2*1-3-5-7-9-11-13(14,15)12-10-8-6-4-2;/h2*3-12H2,1-2H3,(H,16,17);2*3-10H2,1-2H3,(H,14,15);. The molecule has 0 aromatic heterocycles. The molecule has 394 valence electrons. The van der Waals surface area contributed by atoms with Gasteiger partial charge < -0.3 is 36.2 Å². The van der Waals surface area contributed by atoms with Crippen LogP contribution in [0.25, 0.3) is 0 Å². The van der Waals surface area contributed by atoms with Crippen molar-refractivity contribution in [2.24, 2.45) is 0 Å². The number of unbranched alkanes of at least 4 members (excludes halogenated alkanes) is 20. The zero-order valence-corrected chi connectivity index (χ0v) is 56.0. The molecule has 0 N–H and O–H groups in total. The van der Waals surface area contributed by atoms with Gasteiger partial charge in [0.05, 0.1) is 52.9 Å². The Bertz CT molecular complexity index is 993. The van der Waals surface area contributed by atoms with Crippen LogP contribution in [0.4, 0.5) is 0 Å². The van der Waals surface area contributed by atoms with Gasteiger partial charge in [0.25, 0.3) is 0 Å². The third-order valence-corrected chi connectivity index (χ3v) is 18.4. The number of rotatable bonds is 44. The van der Waals surface area contributed by atoms with Crippen molar-refractivity contribution < 1.29 is 55.7 Å². The summed E-state index contributed by atoms with van der Waals surface area (Å²) in [6.07, 6.45) is 32.7. The van der Waals surface area contributed by atoms with Gasteiger partial charge in [0, 0.05) is 19.5 Å². The van der Waals surface area contributed by atoms with E-state index in [2.05, 4.69) is 104 Å². The molecule has 0 fully saturated rings. The Labute approximate surface area is 458 Å². The fourth-order valence-electron chi connectivity index (χ4n) is 5.11. The van der Waals surface area contributed by atoms with Crippen LogP contribution in [0.3, 0.4) is 0 Å². The molecule has 0 aromatic rings. The van der Waals surface area contributed by atoms with Gasteiger partial charge >= 0.3 is 0 Å². The van der Waals surface area contributed by atoms with Crippen molar-refractivity contribution >= 4 is 119 Å². The fraction of sp³-hybridized carbons (Fsp3) is 1.00. The van der Waals surface area contributed by atoms with Gasteiger partial charge in [0.15, 0.2) is 0 Å². The van der Waals surface area contributed by atoms with Crippen LogP contribution in [0.15, 0.2) is 0 Å². The quantitative estimate of drug-likeness (QED) is 0.0203. The zero-order valence-electron chi connectivity index (χ0n) is 42.6. The van der Waals surface area contributed by atoms with E-state index in [4.69, 9.17) is 83.4 Å². The third-order valence-electron chi connectivity index (χ3n) is 9.02. The molecule has 0 bridgehead atoms. The van der Waals surface area contributed by atoms with Crippen molar-refractivity contribution in [3.63, 3.8) is 0 Å². The van der Waals surface area contributed by atoms with Gasteiger partial charge in [-0.1, -0.05) is 233 Å². The van der Waals surface area contributed by atoms with E-state index >= 15 is 0 Å². The zero-order chi connectivity index (χ0) is 49.1. The topological polar surface area (TPSA) is 73.8 Å². The molecular formula is C44H100O8P4S8Zn. The maximum atomic E-state index is 5.55. The van der Waals surface area contributed by atoms with Gasteiger partial charge in [-0.2, -0.15) is 0 Å². The summed E-state index contributed by atoms with van der Waals surface area (Å²) in [7, 11) is 0. The molecule has 0 unspecified atom stereocenters. The van der Waals surface area contributed by atoms with Crippen molar-refractivity contribution in [1.29, 1.82) is 0 Å². The molecule has 0 saturated heterocycles. The first-order chi connectivity index (χ1) is 30.5. The van der Waals surface area contributed by atoms with Gasteiger partial charge in [-0.15, -0.1) is 0 Å². The molecule has 0 radical (unpaired) electrons. The van der Waals surface area contributed by atoms with E-state index in [-0.39, 0.29) is 19.5 Å². The molecule has 0 saturated carbocycles. The molecule has 0 atom stereocenters. The Morgan fingerprint density at radius 1 is 0.231 bits per heavy atom. The average molecular weight is 1200 g/mol. The fourth-order valence-corrected chi connectivity index (χ4v) is 12.0. The first-order valence-electron chi connectivity index (χ1n) is 25.0. The molecule has 0 aliphatic rings. The van der Waals surface area contributed by atoms with Gasteiger partial charge in [-0.3, -0.25) is 0 Å². The average Bonchev–Trinajstić information content (AvgIpc) is 3.24. The molecule has 65 heavy (non-hydrogen) atoms. The van der Waals surface area contributed by atoms with Crippen LogP contribution in [-0.2, 0) is 103 Å². The normalized spacial score (nSPS) is 11.8. The predicted molar refractivity (Wildman–Crippen MR) is 315 cm³/mol. The molecule has 0 aliphatic carbocycles. The molecule has 0 amide bonds. The van der Waals surface area contributed by atoms with Crippen molar-refractivity contribution in [2.45, 2.75) is 235 Å². The monoisotopic (exact) mass is 1200 g/mol. The number of hydrogen-bond acceptors (Lipinski definition) is 12. The predicted octanol–water partition coefficient (Wildman–Crippen LogP) is 19.8. The molecule has 0 spiro atoms. The Hall–Kier alpha value is 4.30. The maximum absolute atomic E-state index is 5.55. The van der Waals surface area contributed by atoms with Crippen LogP contribution >= 0.6 is 71.8 Å². The number of thiol groups is 4. The molecular weight excluding hydrogens is 1100 g/mol. The van der Waals surface area contributed by atoms with Crippen LogP contribution in [-0.4, -0.2) is 52.9 Å². The summed E-state index contributed by atoms with van der Waals surface area (Å²) in [4.78, 5) is 0. The maximum Gasteiger partial charge on any atom is 0.244 e. The Morgan fingerprint density at radius 2 is 0.338 bits per heavy atom. The van der Waals surface area contributed by atoms with Crippen molar-refractivity contribution in [1.82, 2.24) is 0 Å². The first kappa shape index (κ1) is 78.2. The van der Waals surface area contributed by atoms with E-state index in [1.54, 1.807) is 0 Å². The van der Waals surface area contributed by atoms with Crippen molar-refractivity contribution in [2.75, 3.05) is 52.9 Å². The minimum Gasteiger partial charge on any atom is -0.322 e. The third kappa shape index (κ3) is 72.6. The van der Waals surface area contributed by atoms with Crippen LogP contribution < -0.4 is 0 Å². The minimum absolute atomic E-state index is 0. The first-order valence-corrected chi connectivity index (χ1v) is 40.1. The molecule has 0 heterocycles. The summed E-state index contributed by atoms with van der Waals surface area (Å²) >= 11 is 38.0. The molecule has 0 aliphatic heterocycles. The minimum atomic E-state index is -2.26. The van der Waals surface area contributed by atoms with E-state index in [9.17, 15) is 0 Å². The van der Waals surface area contributed by atoms with E-state index < -0.39 is 22.8 Å². The van der Waals surface area contributed by atoms with Crippen LogP contribution in [0.2, 0.25) is 0 Å². The van der Waals surface area contributed by atoms with E-state index in [1.807, 2.05) is 0 Å². The second kappa shape index (κ2) is 59.2. The summed E-state index contributed by atoms with van der Waals surface area (Å²) < 4.78 is 44.1. The van der Waals surface area contributed by atoms with Gasteiger partial charge in [0.1, 0.15) is 0 Å². The summed E-state index contributed by atoms with van der Waals surface area (Å²) in [5.41, 5.74) is -9.01. The van der Waals surface area contributed by atoms with Gasteiger partial charge in [-0.25, -0.2) is 0 Å². The van der Waals surface area contributed by atoms with Crippen molar-refractivity contribution in [3.8, 4) is 0 Å². The van der Waals surface area contributed by atoms with Crippen molar-refractivity contribution in [3.05, 3.63) is 0 Å². The van der Waals surface area contributed by atoms with Crippen LogP contribution in [0.1, 0.15) is 235 Å². The van der Waals surface area contributed by atoms with E-state index in [0.717, 1.165) is 51.4 Å². The second-order valence-corrected chi connectivity index (χ2v) is 36.8. The smallest absolute Gasteiger partial charge is 0.244 e. The van der Waals surface area contributed by atoms with Crippen LogP contribution in [0.5, 0.6) is 0 Å². The number of hydrogen-bond donors (Lipinski definition) is 4. The summed E-state index contributed by atoms with van der Waals surface area (Å²) in [6.45, 7) is 22.9. The Morgan fingerprint density at radius 3 is 0.462 bits per heavy atom. The van der Waals surface area contributed by atoms with E-state index in [1.165, 1.54) is 128 Å². The van der Waals surface area contributed by atoms with E-state index in [0.29, 0.717) is 52.9 Å². The summed E-state index contributed by atoms with van der Waals surface area (Å²) in [5, 5.41) is 0. The van der Waals surface area contributed by atoms with Gasteiger partial charge in [0.2, 0.25) is 22.8 Å². The van der Waals surface area contributed by atoms with Gasteiger partial charge in [-0.05, 0) is 98.6 Å². The Kier molecular flexibility index (Phi) is 71.2. The Balaban J connectivity index is -0.000000245. The molecule has 0 aromatic carbocycles. The molecule has 8 nitrogen and oxygen atoms in total. The van der Waals surface area contributed by atoms with Crippen LogP contribution in [0, 0.1) is 0 Å². The summed E-state index contributed by atoms with van der Waals surface area (Å²) in [5.74, 6) is 0. The summed E-state index contributed by atoms with van der Waals surface area (Å²) in [6, 6.07) is 0. The largest absolute Gasteiger partial charge is 0.322 e. The SMILES string of the molecule is CCCCCCOP(=S)(S)OCCCCCC.CCCCCCOP(=S)(S)OCCCCCC.CCCCCOP(=S)(S)OCCCCC.CCCCCOP(=S)(S)OCCCCC.[Zn]. The molecule has 21 heteroatoms. The second-order valence-electron chi connectivity index (χ2n) is 15.6.